The van der Waals surface area contributed by atoms with Crippen molar-refractivity contribution in [2.75, 3.05) is 17.6 Å². The molecule has 0 bridgehead atoms. The number of hydrogen-bond donors (Lipinski definition) is 2. The van der Waals surface area contributed by atoms with Crippen LogP contribution in [-0.4, -0.2) is 30.1 Å². The molecule has 0 fully saturated rings. The number of sulfonamides is 1. The topological polar surface area (TPSA) is 112 Å². The van der Waals surface area contributed by atoms with Crippen molar-refractivity contribution in [3.63, 3.8) is 0 Å². The first-order valence-corrected chi connectivity index (χ1v) is 11.7. The number of pyridine rings is 1. The van der Waals surface area contributed by atoms with Gasteiger partial charge in [-0.05, 0) is 56.7 Å². The number of aromatic nitrogens is 3. The van der Waals surface area contributed by atoms with E-state index in [4.69, 9.17) is 10.5 Å². The number of fused-ring (bicyclic) bond motifs is 1. The minimum Gasteiger partial charge on any atom is -0.480 e. The predicted octanol–water partition coefficient (Wildman–Crippen LogP) is 4.52. The van der Waals surface area contributed by atoms with E-state index in [1.165, 1.54) is 19.4 Å². The van der Waals surface area contributed by atoms with Crippen molar-refractivity contribution >= 4 is 32.7 Å². The van der Waals surface area contributed by atoms with Gasteiger partial charge in [-0.25, -0.2) is 27.2 Å². The van der Waals surface area contributed by atoms with Gasteiger partial charge >= 0.3 is 0 Å². The summed E-state index contributed by atoms with van der Waals surface area (Å²) < 4.78 is 62.3. The molecule has 0 aliphatic rings. The largest absolute Gasteiger partial charge is 0.480 e. The Morgan fingerprint density at radius 3 is 2.44 bits per heavy atom. The predicted molar refractivity (Wildman–Crippen MR) is 126 cm³/mol. The van der Waals surface area contributed by atoms with Gasteiger partial charge in [-0.2, -0.15) is 0 Å². The zero-order valence-electron chi connectivity index (χ0n) is 18.9. The maximum Gasteiger partial charge on any atom is 0.264 e. The van der Waals surface area contributed by atoms with E-state index in [0.29, 0.717) is 23.1 Å². The van der Waals surface area contributed by atoms with Crippen molar-refractivity contribution in [3.8, 4) is 17.0 Å². The van der Waals surface area contributed by atoms with E-state index >= 15 is 0 Å². The van der Waals surface area contributed by atoms with Crippen LogP contribution in [0.2, 0.25) is 0 Å². The number of halogens is 2. The maximum absolute atomic E-state index is 14.1. The molecule has 0 atom stereocenters. The first kappa shape index (κ1) is 23.4. The number of hydrogen-bond acceptors (Lipinski definition) is 6. The van der Waals surface area contributed by atoms with Crippen molar-refractivity contribution in [1.29, 1.82) is 0 Å². The second-order valence-electron chi connectivity index (χ2n) is 8.64. The standard InChI is InChI=1S/C23H23F2N5O3S/c1-23(2,3)30-19-10-13(5-7-17(19)28-22(30)26)14-9-18(21(33-4)27-12-14)29-34(31,32)20-8-6-15(24)11-16(20)25/h5-12,29H,1-4H3,(H2,26,28). The Hall–Kier alpha value is -3.73. The van der Waals surface area contributed by atoms with Crippen LogP contribution >= 0.6 is 0 Å². The fraction of sp³-hybridized carbons (Fsp3) is 0.217. The molecule has 34 heavy (non-hydrogen) atoms. The summed E-state index contributed by atoms with van der Waals surface area (Å²) >= 11 is 0. The highest BCUT2D eigenvalue weighted by molar-refractivity contribution is 7.92. The van der Waals surface area contributed by atoms with Gasteiger partial charge in [0.1, 0.15) is 22.2 Å². The molecule has 11 heteroatoms. The summed E-state index contributed by atoms with van der Waals surface area (Å²) in [6.07, 6.45) is 1.53. The van der Waals surface area contributed by atoms with Crippen LogP contribution in [0.15, 0.2) is 53.6 Å². The van der Waals surface area contributed by atoms with Crippen molar-refractivity contribution in [3.05, 3.63) is 60.3 Å². The highest BCUT2D eigenvalue weighted by Gasteiger charge is 2.23. The zero-order valence-corrected chi connectivity index (χ0v) is 19.7. The number of nitrogens with zero attached hydrogens (tertiary/aromatic N) is 3. The van der Waals surface area contributed by atoms with Gasteiger partial charge in [0, 0.05) is 23.4 Å². The molecule has 0 saturated carbocycles. The summed E-state index contributed by atoms with van der Waals surface area (Å²) in [6, 6.07) is 9.23. The molecule has 4 rings (SSSR count). The molecule has 0 saturated heterocycles. The molecule has 2 aromatic carbocycles. The highest BCUT2D eigenvalue weighted by atomic mass is 32.2. The van der Waals surface area contributed by atoms with Gasteiger partial charge < -0.3 is 15.0 Å². The Morgan fingerprint density at radius 2 is 1.79 bits per heavy atom. The molecule has 2 heterocycles. The molecule has 4 aromatic rings. The molecule has 0 radical (unpaired) electrons. The summed E-state index contributed by atoms with van der Waals surface area (Å²) in [4.78, 5) is 7.90. The van der Waals surface area contributed by atoms with Crippen LogP contribution in [0.25, 0.3) is 22.2 Å². The van der Waals surface area contributed by atoms with Gasteiger partial charge in [-0.3, -0.25) is 4.72 Å². The van der Waals surface area contributed by atoms with E-state index in [2.05, 4.69) is 14.7 Å². The summed E-state index contributed by atoms with van der Waals surface area (Å²) in [7, 11) is -3.06. The second-order valence-corrected chi connectivity index (χ2v) is 10.3. The fourth-order valence-electron chi connectivity index (χ4n) is 3.72. The Morgan fingerprint density at radius 1 is 1.06 bits per heavy atom. The molecule has 0 aliphatic carbocycles. The minimum atomic E-state index is -4.39. The van der Waals surface area contributed by atoms with E-state index in [0.717, 1.165) is 23.2 Å². The van der Waals surface area contributed by atoms with Crippen LogP contribution in [-0.2, 0) is 15.6 Å². The molecule has 8 nitrogen and oxygen atoms in total. The number of imidazole rings is 1. The summed E-state index contributed by atoms with van der Waals surface area (Å²) in [5, 5.41) is 0. The summed E-state index contributed by atoms with van der Waals surface area (Å²) in [5.74, 6) is -1.74. The van der Waals surface area contributed by atoms with Crippen LogP contribution in [0.3, 0.4) is 0 Å². The van der Waals surface area contributed by atoms with Crippen LogP contribution in [0, 0.1) is 11.6 Å². The number of anilines is 2. The van der Waals surface area contributed by atoms with Crippen molar-refractivity contribution < 1.29 is 21.9 Å². The molecule has 178 valence electrons. The lowest BCUT2D eigenvalue weighted by Crippen LogP contribution is -2.23. The number of benzene rings is 2. The van der Waals surface area contributed by atoms with Crippen LogP contribution < -0.4 is 15.2 Å². The number of methoxy groups -OCH3 is 1. The van der Waals surface area contributed by atoms with Crippen molar-refractivity contribution in [2.45, 2.75) is 31.2 Å². The van der Waals surface area contributed by atoms with Gasteiger partial charge in [0.15, 0.2) is 0 Å². The van der Waals surface area contributed by atoms with Crippen molar-refractivity contribution in [1.82, 2.24) is 14.5 Å². The van der Waals surface area contributed by atoms with Crippen LogP contribution in [0.5, 0.6) is 5.88 Å². The van der Waals surface area contributed by atoms with Gasteiger partial charge in [0.05, 0.1) is 18.1 Å². The molecule has 0 unspecified atom stereocenters. The normalized spacial score (nSPS) is 12.2. The van der Waals surface area contributed by atoms with E-state index < -0.39 is 26.6 Å². The lowest BCUT2D eigenvalue weighted by atomic mass is 10.0. The monoisotopic (exact) mass is 487 g/mol. The molecule has 0 amide bonds. The zero-order chi connectivity index (χ0) is 24.8. The average Bonchev–Trinajstić information content (AvgIpc) is 3.08. The van der Waals surface area contributed by atoms with Crippen LogP contribution in [0.1, 0.15) is 20.8 Å². The SMILES string of the molecule is COc1ncc(-c2ccc3nc(N)n(C(C)(C)C)c3c2)cc1NS(=O)(=O)c1ccc(F)cc1F. The number of nitrogens with two attached hydrogens (primary N) is 1. The summed E-state index contributed by atoms with van der Waals surface area (Å²) in [6.45, 7) is 6.02. The van der Waals surface area contributed by atoms with E-state index in [-0.39, 0.29) is 17.1 Å². The lowest BCUT2D eigenvalue weighted by Gasteiger charge is -2.23. The Bertz CT molecular complexity index is 1510. The van der Waals surface area contributed by atoms with Crippen LogP contribution in [0.4, 0.5) is 20.4 Å². The maximum atomic E-state index is 14.1. The molecule has 0 spiro atoms. The third-order valence-corrected chi connectivity index (χ3v) is 6.56. The Kier molecular flexibility index (Phi) is 5.68. The number of ether oxygens (including phenoxy) is 1. The fourth-order valence-corrected chi connectivity index (χ4v) is 4.83. The van der Waals surface area contributed by atoms with Gasteiger partial charge in [0.2, 0.25) is 11.8 Å². The number of rotatable bonds is 5. The van der Waals surface area contributed by atoms with Gasteiger partial charge in [-0.15, -0.1) is 0 Å². The van der Waals surface area contributed by atoms with E-state index in [1.807, 2.05) is 43.5 Å². The first-order valence-electron chi connectivity index (χ1n) is 10.2. The lowest BCUT2D eigenvalue weighted by molar-refractivity contribution is 0.400. The quantitative estimate of drug-likeness (QED) is 0.428. The second kappa shape index (κ2) is 8.24. The first-order chi connectivity index (χ1) is 15.9. The van der Waals surface area contributed by atoms with E-state index in [1.54, 1.807) is 0 Å². The van der Waals surface area contributed by atoms with Crippen molar-refractivity contribution in [2.24, 2.45) is 0 Å². The smallest absolute Gasteiger partial charge is 0.264 e. The minimum absolute atomic E-state index is 0.00679. The highest BCUT2D eigenvalue weighted by Crippen LogP contribution is 2.34. The summed E-state index contributed by atoms with van der Waals surface area (Å²) in [5.41, 5.74) is 8.60. The van der Waals surface area contributed by atoms with Gasteiger partial charge in [0.25, 0.3) is 10.0 Å². The molecule has 3 N–H and O–H groups in total. The number of nitrogens with one attached hydrogen (secondary N) is 1. The molecular weight excluding hydrogens is 464 g/mol. The molecular formula is C23H23F2N5O3S. The Balaban J connectivity index is 1.79. The average molecular weight is 488 g/mol. The third-order valence-electron chi connectivity index (χ3n) is 5.16. The molecule has 2 aromatic heterocycles. The Labute approximate surface area is 195 Å². The van der Waals surface area contributed by atoms with Gasteiger partial charge in [-0.1, -0.05) is 6.07 Å². The third kappa shape index (κ3) is 4.26. The molecule has 0 aliphatic heterocycles. The number of nitrogen functional groups attached to an aromatic ring is 1. The van der Waals surface area contributed by atoms with E-state index in [9.17, 15) is 17.2 Å².